The van der Waals surface area contributed by atoms with E-state index in [1.54, 1.807) is 28.2 Å². The van der Waals surface area contributed by atoms with E-state index >= 15 is 0 Å². The SMILES string of the molecule is Cc1ccsc1-c1nn(Cc2ccc(F)cc2)cc1N. The fraction of sp³-hybridized carbons (Fsp3) is 0.133. The number of rotatable bonds is 3. The molecule has 5 heteroatoms. The van der Waals surface area contributed by atoms with Crippen molar-refractivity contribution in [3.63, 3.8) is 0 Å². The van der Waals surface area contributed by atoms with Crippen LogP contribution in [0.2, 0.25) is 0 Å². The van der Waals surface area contributed by atoms with Gasteiger partial charge in [-0.15, -0.1) is 11.3 Å². The van der Waals surface area contributed by atoms with E-state index in [1.807, 2.05) is 18.5 Å². The van der Waals surface area contributed by atoms with Crippen molar-refractivity contribution >= 4 is 17.0 Å². The second-order valence-electron chi connectivity index (χ2n) is 4.69. The number of benzene rings is 1. The van der Waals surface area contributed by atoms with Crippen molar-refractivity contribution in [2.75, 3.05) is 5.73 Å². The summed E-state index contributed by atoms with van der Waals surface area (Å²) in [4.78, 5) is 1.10. The molecule has 0 bridgehead atoms. The molecule has 0 aliphatic heterocycles. The van der Waals surface area contributed by atoms with Gasteiger partial charge in [-0.05, 0) is 41.6 Å². The van der Waals surface area contributed by atoms with Crippen LogP contribution in [0, 0.1) is 12.7 Å². The smallest absolute Gasteiger partial charge is 0.125 e. The molecule has 3 rings (SSSR count). The van der Waals surface area contributed by atoms with E-state index in [2.05, 4.69) is 11.2 Å². The highest BCUT2D eigenvalue weighted by molar-refractivity contribution is 7.13. The number of halogens is 1. The molecule has 0 saturated carbocycles. The predicted octanol–water partition coefficient (Wildman–Crippen LogP) is 3.69. The highest BCUT2D eigenvalue weighted by Crippen LogP contribution is 2.31. The number of aromatic nitrogens is 2. The Morgan fingerprint density at radius 3 is 2.65 bits per heavy atom. The molecule has 0 radical (unpaired) electrons. The first-order chi connectivity index (χ1) is 9.63. The van der Waals surface area contributed by atoms with Gasteiger partial charge in [-0.2, -0.15) is 5.10 Å². The van der Waals surface area contributed by atoms with Crippen LogP contribution in [0.5, 0.6) is 0 Å². The lowest BCUT2D eigenvalue weighted by molar-refractivity contribution is 0.624. The van der Waals surface area contributed by atoms with Gasteiger partial charge in [-0.3, -0.25) is 4.68 Å². The maximum atomic E-state index is 12.9. The molecule has 1 aromatic carbocycles. The first kappa shape index (κ1) is 12.9. The van der Waals surface area contributed by atoms with Crippen molar-refractivity contribution in [1.82, 2.24) is 9.78 Å². The average molecular weight is 287 g/mol. The molecule has 0 saturated heterocycles. The molecule has 0 spiro atoms. The first-order valence-electron chi connectivity index (χ1n) is 6.25. The van der Waals surface area contributed by atoms with Crippen LogP contribution >= 0.6 is 11.3 Å². The van der Waals surface area contributed by atoms with Crippen molar-refractivity contribution < 1.29 is 4.39 Å². The first-order valence-corrected chi connectivity index (χ1v) is 7.13. The third-order valence-electron chi connectivity index (χ3n) is 3.12. The summed E-state index contributed by atoms with van der Waals surface area (Å²) in [6.07, 6.45) is 1.82. The van der Waals surface area contributed by atoms with E-state index in [0.717, 1.165) is 16.1 Å². The average Bonchev–Trinajstić information content (AvgIpc) is 2.98. The Hall–Kier alpha value is -2.14. The Morgan fingerprint density at radius 1 is 1.25 bits per heavy atom. The second kappa shape index (κ2) is 5.09. The Balaban J connectivity index is 1.89. The monoisotopic (exact) mass is 287 g/mol. The molecule has 0 atom stereocenters. The fourth-order valence-corrected chi connectivity index (χ4v) is 3.02. The molecule has 3 nitrogen and oxygen atoms in total. The number of aryl methyl sites for hydroxylation is 1. The Kier molecular flexibility index (Phi) is 3.28. The maximum absolute atomic E-state index is 12.9. The molecule has 0 fully saturated rings. The van der Waals surface area contributed by atoms with Crippen LogP contribution in [-0.2, 0) is 6.54 Å². The van der Waals surface area contributed by atoms with E-state index < -0.39 is 0 Å². The fourth-order valence-electron chi connectivity index (χ4n) is 2.09. The molecule has 0 aliphatic carbocycles. The second-order valence-corrected chi connectivity index (χ2v) is 5.61. The number of hydrogen-bond donors (Lipinski definition) is 1. The van der Waals surface area contributed by atoms with Crippen molar-refractivity contribution in [3.8, 4) is 10.6 Å². The number of nitrogens with zero attached hydrogens (tertiary/aromatic N) is 2. The summed E-state index contributed by atoms with van der Waals surface area (Å²) in [6.45, 7) is 2.62. The normalized spacial score (nSPS) is 10.9. The number of thiophene rings is 1. The van der Waals surface area contributed by atoms with Crippen molar-refractivity contribution in [3.05, 3.63) is 58.9 Å². The van der Waals surface area contributed by atoms with Gasteiger partial charge >= 0.3 is 0 Å². The van der Waals surface area contributed by atoms with Crippen LogP contribution in [0.15, 0.2) is 41.9 Å². The summed E-state index contributed by atoms with van der Waals surface area (Å²) in [7, 11) is 0. The third-order valence-corrected chi connectivity index (χ3v) is 4.15. The molecule has 0 amide bonds. The minimum Gasteiger partial charge on any atom is -0.396 e. The van der Waals surface area contributed by atoms with E-state index in [1.165, 1.54) is 17.7 Å². The van der Waals surface area contributed by atoms with E-state index in [0.29, 0.717) is 12.2 Å². The van der Waals surface area contributed by atoms with Gasteiger partial charge in [0, 0.05) is 6.20 Å². The Bertz CT molecular complexity index is 728. The van der Waals surface area contributed by atoms with Crippen LogP contribution < -0.4 is 5.73 Å². The Morgan fingerprint density at radius 2 is 2.00 bits per heavy atom. The lowest BCUT2D eigenvalue weighted by Gasteiger charge is -2.01. The van der Waals surface area contributed by atoms with Crippen molar-refractivity contribution in [2.24, 2.45) is 0 Å². The molecular formula is C15H14FN3S. The van der Waals surface area contributed by atoms with Gasteiger partial charge < -0.3 is 5.73 Å². The number of anilines is 1. The van der Waals surface area contributed by atoms with E-state index in [-0.39, 0.29) is 5.82 Å². The summed E-state index contributed by atoms with van der Waals surface area (Å²) in [5, 5.41) is 6.57. The van der Waals surface area contributed by atoms with Crippen LogP contribution in [0.4, 0.5) is 10.1 Å². The summed E-state index contributed by atoms with van der Waals surface area (Å²) in [5.41, 5.74) is 9.69. The summed E-state index contributed by atoms with van der Waals surface area (Å²) in [6, 6.07) is 8.46. The molecule has 20 heavy (non-hydrogen) atoms. The molecule has 2 N–H and O–H groups in total. The number of nitrogen functional groups attached to an aromatic ring is 1. The largest absolute Gasteiger partial charge is 0.396 e. The van der Waals surface area contributed by atoms with Crippen LogP contribution in [0.25, 0.3) is 10.6 Å². The quantitative estimate of drug-likeness (QED) is 0.798. The van der Waals surface area contributed by atoms with Gasteiger partial charge in [0.05, 0.1) is 17.1 Å². The highest BCUT2D eigenvalue weighted by Gasteiger charge is 2.12. The van der Waals surface area contributed by atoms with Crippen molar-refractivity contribution in [2.45, 2.75) is 13.5 Å². The van der Waals surface area contributed by atoms with Gasteiger partial charge in [0.2, 0.25) is 0 Å². The molecule has 2 heterocycles. The minimum absolute atomic E-state index is 0.233. The molecule has 0 unspecified atom stereocenters. The molecule has 2 aromatic heterocycles. The molecule has 0 aliphatic rings. The topological polar surface area (TPSA) is 43.8 Å². The highest BCUT2D eigenvalue weighted by atomic mass is 32.1. The van der Waals surface area contributed by atoms with Crippen LogP contribution in [0.3, 0.4) is 0 Å². The van der Waals surface area contributed by atoms with Gasteiger partial charge in [0.25, 0.3) is 0 Å². The summed E-state index contributed by atoms with van der Waals surface area (Å²) >= 11 is 1.63. The zero-order valence-electron chi connectivity index (χ0n) is 11.0. The minimum atomic E-state index is -0.233. The number of nitrogens with two attached hydrogens (primary N) is 1. The van der Waals surface area contributed by atoms with E-state index in [9.17, 15) is 4.39 Å². The van der Waals surface area contributed by atoms with Crippen molar-refractivity contribution in [1.29, 1.82) is 0 Å². The number of hydrogen-bond acceptors (Lipinski definition) is 3. The zero-order valence-corrected chi connectivity index (χ0v) is 11.8. The van der Waals surface area contributed by atoms with Gasteiger partial charge in [0.15, 0.2) is 0 Å². The summed E-state index contributed by atoms with van der Waals surface area (Å²) < 4.78 is 14.7. The zero-order chi connectivity index (χ0) is 14.1. The standard InChI is InChI=1S/C15H14FN3S/c1-10-6-7-20-15(10)14-13(17)9-19(18-14)8-11-2-4-12(16)5-3-11/h2-7,9H,8,17H2,1H3. The molecule has 102 valence electrons. The van der Waals surface area contributed by atoms with Gasteiger partial charge in [-0.25, -0.2) is 4.39 Å². The van der Waals surface area contributed by atoms with Gasteiger partial charge in [-0.1, -0.05) is 12.1 Å². The molecular weight excluding hydrogens is 273 g/mol. The van der Waals surface area contributed by atoms with Gasteiger partial charge in [0.1, 0.15) is 11.5 Å². The third kappa shape index (κ3) is 2.44. The molecule has 3 aromatic rings. The lowest BCUT2D eigenvalue weighted by atomic mass is 10.2. The summed E-state index contributed by atoms with van der Waals surface area (Å²) in [5.74, 6) is -0.233. The maximum Gasteiger partial charge on any atom is 0.125 e. The predicted molar refractivity (Wildman–Crippen MR) is 80.2 cm³/mol. The van der Waals surface area contributed by atoms with Crippen LogP contribution in [-0.4, -0.2) is 9.78 Å². The Labute approximate surface area is 120 Å². The van der Waals surface area contributed by atoms with E-state index in [4.69, 9.17) is 5.73 Å². The lowest BCUT2D eigenvalue weighted by Crippen LogP contribution is -2.00. The van der Waals surface area contributed by atoms with Crippen LogP contribution in [0.1, 0.15) is 11.1 Å².